The highest BCUT2D eigenvalue weighted by molar-refractivity contribution is 5.85. The van der Waals surface area contributed by atoms with E-state index in [0.29, 0.717) is 0 Å². The van der Waals surface area contributed by atoms with Gasteiger partial charge in [-0.25, -0.2) is 9.97 Å². The lowest BCUT2D eigenvalue weighted by Crippen LogP contribution is -2.41. The Morgan fingerprint density at radius 2 is 1.96 bits per heavy atom. The molecule has 1 aromatic carbocycles. The number of imidazole rings is 1. The number of nitrogens with zero attached hydrogens (tertiary/aromatic N) is 5. The van der Waals surface area contributed by atoms with E-state index in [2.05, 4.69) is 48.9 Å². The minimum atomic E-state index is 0.817. The van der Waals surface area contributed by atoms with Gasteiger partial charge in [0.15, 0.2) is 5.65 Å². The molecule has 1 aliphatic heterocycles. The summed E-state index contributed by atoms with van der Waals surface area (Å²) in [4.78, 5) is 12.1. The largest absolute Gasteiger partial charge is 0.327 e. The zero-order chi connectivity index (χ0) is 17.8. The Hall–Kier alpha value is -2.73. The highest BCUT2D eigenvalue weighted by Crippen LogP contribution is 2.29. The molecule has 0 spiro atoms. The van der Waals surface area contributed by atoms with Crippen molar-refractivity contribution in [3.05, 3.63) is 42.5 Å². The molecule has 3 aromatic heterocycles. The Morgan fingerprint density at radius 1 is 1.00 bits per heavy atom. The Morgan fingerprint density at radius 3 is 2.85 bits per heavy atom. The molecule has 0 atom stereocenters. The third-order valence-electron chi connectivity index (χ3n) is 6.28. The van der Waals surface area contributed by atoms with Gasteiger partial charge in [0.1, 0.15) is 5.82 Å². The second kappa shape index (κ2) is 5.89. The summed E-state index contributed by atoms with van der Waals surface area (Å²) in [6.45, 7) is 3.33. The van der Waals surface area contributed by atoms with Crippen molar-refractivity contribution in [2.75, 3.05) is 13.1 Å². The van der Waals surface area contributed by atoms with Crippen LogP contribution in [0.2, 0.25) is 0 Å². The van der Waals surface area contributed by atoms with E-state index in [1.807, 2.05) is 12.4 Å². The van der Waals surface area contributed by atoms with Crippen molar-refractivity contribution in [3.8, 4) is 11.1 Å². The van der Waals surface area contributed by atoms with Gasteiger partial charge in [0, 0.05) is 49.2 Å². The molecule has 27 heavy (non-hydrogen) atoms. The molecule has 1 N–H and O–H groups in total. The van der Waals surface area contributed by atoms with Crippen LogP contribution in [0.4, 0.5) is 0 Å². The molecule has 0 bridgehead atoms. The lowest BCUT2D eigenvalue weighted by molar-refractivity contribution is 0.130. The van der Waals surface area contributed by atoms with E-state index in [0.717, 1.165) is 59.8 Å². The summed E-state index contributed by atoms with van der Waals surface area (Å²) in [5, 5.41) is 8.00. The van der Waals surface area contributed by atoms with E-state index < -0.39 is 0 Å². The summed E-state index contributed by atoms with van der Waals surface area (Å²) in [6, 6.07) is 9.56. The van der Waals surface area contributed by atoms with Crippen LogP contribution in [0, 0.1) is 0 Å². The minimum Gasteiger partial charge on any atom is -0.327 e. The fourth-order valence-corrected chi connectivity index (χ4v) is 4.49. The van der Waals surface area contributed by atoms with Crippen molar-refractivity contribution < 1.29 is 0 Å². The van der Waals surface area contributed by atoms with E-state index in [1.54, 1.807) is 0 Å². The number of fused-ring (bicyclic) bond motifs is 4. The molecule has 2 aliphatic rings. The van der Waals surface area contributed by atoms with Crippen molar-refractivity contribution in [2.45, 2.75) is 38.3 Å². The Labute approximate surface area is 157 Å². The van der Waals surface area contributed by atoms with Gasteiger partial charge >= 0.3 is 0 Å². The minimum absolute atomic E-state index is 0.817. The highest BCUT2D eigenvalue weighted by atomic mass is 15.2. The van der Waals surface area contributed by atoms with Crippen LogP contribution in [0.1, 0.15) is 25.1 Å². The van der Waals surface area contributed by atoms with Crippen LogP contribution >= 0.6 is 0 Å². The van der Waals surface area contributed by atoms with Crippen molar-refractivity contribution in [2.24, 2.45) is 0 Å². The number of benzene rings is 1. The first-order valence-corrected chi connectivity index (χ1v) is 9.88. The van der Waals surface area contributed by atoms with E-state index in [4.69, 9.17) is 4.98 Å². The Balaban J connectivity index is 1.35. The maximum absolute atomic E-state index is 4.99. The molecule has 136 valence electrons. The number of hydrogen-bond acceptors (Lipinski definition) is 4. The summed E-state index contributed by atoms with van der Waals surface area (Å²) < 4.78 is 2.43. The second-order valence-corrected chi connectivity index (χ2v) is 7.79. The number of pyridine rings is 1. The number of rotatable bonds is 2. The van der Waals surface area contributed by atoms with Crippen LogP contribution in [0.15, 0.2) is 36.7 Å². The Kier molecular flexibility index (Phi) is 3.35. The van der Waals surface area contributed by atoms with Crippen LogP contribution in [-0.2, 0) is 13.0 Å². The standard InChI is InChI=1S/C21H22N6/c1-2-17(3-1)26-7-6-20-24-18-11-14(4-5-19(18)27(20)9-8-26)15-10-16-13-23-25-21(16)22-12-15/h4-5,10-13,17H,1-3,6-9H2,(H,22,23,25). The third-order valence-corrected chi connectivity index (χ3v) is 6.28. The molecule has 0 saturated heterocycles. The van der Waals surface area contributed by atoms with Crippen LogP contribution in [0.5, 0.6) is 0 Å². The molecular formula is C21H22N6. The van der Waals surface area contributed by atoms with Gasteiger partial charge in [-0.1, -0.05) is 12.5 Å². The number of aromatic amines is 1. The van der Waals surface area contributed by atoms with Crippen molar-refractivity contribution in [1.82, 2.24) is 29.6 Å². The molecule has 1 fully saturated rings. The van der Waals surface area contributed by atoms with Gasteiger partial charge < -0.3 is 4.57 Å². The molecule has 6 rings (SSSR count). The molecule has 0 amide bonds. The molecule has 0 radical (unpaired) electrons. The fourth-order valence-electron chi connectivity index (χ4n) is 4.49. The molecule has 4 heterocycles. The van der Waals surface area contributed by atoms with E-state index in [-0.39, 0.29) is 0 Å². The lowest BCUT2D eigenvalue weighted by atomic mass is 9.91. The number of nitrogens with one attached hydrogen (secondary N) is 1. The monoisotopic (exact) mass is 358 g/mol. The number of H-pyrrole nitrogens is 1. The summed E-state index contributed by atoms with van der Waals surface area (Å²) in [6.07, 6.45) is 8.92. The first-order chi connectivity index (χ1) is 13.3. The lowest BCUT2D eigenvalue weighted by Gasteiger charge is -2.36. The SMILES string of the molecule is c1cc2c(cc1-c1cnc3[nH]ncc3c1)nc1n2CCN(C2CCC2)CC1. The van der Waals surface area contributed by atoms with Gasteiger partial charge in [0.25, 0.3) is 0 Å². The normalized spacial score (nSPS) is 18.5. The summed E-state index contributed by atoms with van der Waals surface area (Å²) in [7, 11) is 0. The maximum atomic E-state index is 4.99. The second-order valence-electron chi connectivity index (χ2n) is 7.79. The maximum Gasteiger partial charge on any atom is 0.155 e. The van der Waals surface area contributed by atoms with Gasteiger partial charge in [-0.05, 0) is 36.6 Å². The van der Waals surface area contributed by atoms with Crippen molar-refractivity contribution in [3.63, 3.8) is 0 Å². The number of aromatic nitrogens is 5. The summed E-state index contributed by atoms with van der Waals surface area (Å²) in [5.41, 5.74) is 5.42. The third kappa shape index (κ3) is 2.47. The smallest absolute Gasteiger partial charge is 0.155 e. The van der Waals surface area contributed by atoms with Crippen LogP contribution in [0.25, 0.3) is 33.2 Å². The zero-order valence-corrected chi connectivity index (χ0v) is 15.2. The highest BCUT2D eigenvalue weighted by Gasteiger charge is 2.27. The van der Waals surface area contributed by atoms with Crippen LogP contribution in [0.3, 0.4) is 0 Å². The fraction of sp³-hybridized carbons (Fsp3) is 0.381. The quantitative estimate of drug-likeness (QED) is 0.597. The Bertz CT molecular complexity index is 1140. The molecule has 1 aliphatic carbocycles. The average molecular weight is 358 g/mol. The van der Waals surface area contributed by atoms with E-state index in [1.165, 1.54) is 30.6 Å². The van der Waals surface area contributed by atoms with Gasteiger partial charge in [-0.3, -0.25) is 10.00 Å². The summed E-state index contributed by atoms with van der Waals surface area (Å²) >= 11 is 0. The van der Waals surface area contributed by atoms with Gasteiger partial charge in [-0.15, -0.1) is 0 Å². The van der Waals surface area contributed by atoms with Gasteiger partial charge in [-0.2, -0.15) is 5.10 Å². The predicted octanol–water partition coefficient (Wildman–Crippen LogP) is 3.39. The van der Waals surface area contributed by atoms with E-state index >= 15 is 0 Å². The van der Waals surface area contributed by atoms with Gasteiger partial charge in [0.2, 0.25) is 0 Å². The molecule has 4 aromatic rings. The zero-order valence-electron chi connectivity index (χ0n) is 15.2. The first-order valence-electron chi connectivity index (χ1n) is 9.88. The molecule has 6 nitrogen and oxygen atoms in total. The first kappa shape index (κ1) is 15.3. The topological polar surface area (TPSA) is 62.6 Å². The van der Waals surface area contributed by atoms with Crippen LogP contribution < -0.4 is 0 Å². The molecule has 1 saturated carbocycles. The average Bonchev–Trinajstić information content (AvgIpc) is 3.20. The molecule has 0 unspecified atom stereocenters. The predicted molar refractivity (Wildman–Crippen MR) is 106 cm³/mol. The van der Waals surface area contributed by atoms with E-state index in [9.17, 15) is 0 Å². The van der Waals surface area contributed by atoms with Crippen molar-refractivity contribution >= 4 is 22.1 Å². The summed E-state index contributed by atoms with van der Waals surface area (Å²) in [5.74, 6) is 1.23. The molecular weight excluding hydrogens is 336 g/mol. The number of hydrogen-bond donors (Lipinski definition) is 1. The van der Waals surface area contributed by atoms with Crippen LogP contribution in [-0.4, -0.2) is 48.8 Å². The van der Waals surface area contributed by atoms with Crippen molar-refractivity contribution in [1.29, 1.82) is 0 Å². The van der Waals surface area contributed by atoms with Gasteiger partial charge in [0.05, 0.1) is 17.2 Å². The molecule has 6 heteroatoms.